The molecule has 1 amide bonds. The highest BCUT2D eigenvalue weighted by molar-refractivity contribution is 5.94. The van der Waals surface area contributed by atoms with Gasteiger partial charge in [0.05, 0.1) is 23.6 Å². The van der Waals surface area contributed by atoms with Crippen molar-refractivity contribution >= 4 is 5.91 Å². The van der Waals surface area contributed by atoms with Crippen LogP contribution in [0.2, 0.25) is 0 Å². The second kappa shape index (κ2) is 7.60. The molecule has 0 saturated carbocycles. The van der Waals surface area contributed by atoms with Crippen LogP contribution in [0.1, 0.15) is 29.9 Å². The monoisotopic (exact) mass is 375 g/mol. The number of hydrogen-bond donors (Lipinski definition) is 0. The molecule has 1 saturated heterocycles. The number of nitrogens with zero attached hydrogens (tertiary/aromatic N) is 3. The first kappa shape index (κ1) is 18.4. The van der Waals surface area contributed by atoms with Gasteiger partial charge in [-0.1, -0.05) is 42.5 Å². The molecule has 28 heavy (non-hydrogen) atoms. The minimum atomic E-state index is -0.0156. The number of aryl methyl sites for hydroxylation is 1. The Balaban J connectivity index is 1.78. The molecule has 5 nitrogen and oxygen atoms in total. The molecule has 2 atom stereocenters. The number of morpholine rings is 1. The smallest absolute Gasteiger partial charge is 0.272 e. The molecule has 2 unspecified atom stereocenters. The van der Waals surface area contributed by atoms with E-state index in [1.807, 2.05) is 86.3 Å². The van der Waals surface area contributed by atoms with Crippen molar-refractivity contribution < 1.29 is 9.53 Å². The molecule has 144 valence electrons. The summed E-state index contributed by atoms with van der Waals surface area (Å²) in [5.74, 6) is -0.0156. The summed E-state index contributed by atoms with van der Waals surface area (Å²) in [6.07, 6.45) is 0.0493. The van der Waals surface area contributed by atoms with Gasteiger partial charge in [0.15, 0.2) is 0 Å². The molecule has 1 aromatic heterocycles. The Bertz CT molecular complexity index is 971. The quantitative estimate of drug-likeness (QED) is 0.692. The van der Waals surface area contributed by atoms with E-state index in [0.717, 1.165) is 22.5 Å². The summed E-state index contributed by atoms with van der Waals surface area (Å²) in [5.41, 5.74) is 4.37. The largest absolute Gasteiger partial charge is 0.372 e. The predicted octanol–water partition coefficient (Wildman–Crippen LogP) is 4.10. The van der Waals surface area contributed by atoms with Gasteiger partial charge >= 0.3 is 0 Å². The third-order valence-electron chi connectivity index (χ3n) is 4.95. The summed E-state index contributed by atoms with van der Waals surface area (Å²) in [4.78, 5) is 15.3. The summed E-state index contributed by atoms with van der Waals surface area (Å²) in [5, 5.41) is 4.78. The lowest BCUT2D eigenvalue weighted by atomic mass is 10.1. The predicted molar refractivity (Wildman–Crippen MR) is 110 cm³/mol. The van der Waals surface area contributed by atoms with Crippen molar-refractivity contribution in [1.82, 2.24) is 14.7 Å². The van der Waals surface area contributed by atoms with Gasteiger partial charge in [0, 0.05) is 18.7 Å². The van der Waals surface area contributed by atoms with E-state index in [2.05, 4.69) is 0 Å². The average molecular weight is 375 g/mol. The topological polar surface area (TPSA) is 47.4 Å². The average Bonchev–Trinajstić information content (AvgIpc) is 3.13. The van der Waals surface area contributed by atoms with E-state index in [4.69, 9.17) is 9.84 Å². The van der Waals surface area contributed by atoms with E-state index < -0.39 is 0 Å². The van der Waals surface area contributed by atoms with E-state index in [0.29, 0.717) is 18.8 Å². The van der Waals surface area contributed by atoms with E-state index >= 15 is 0 Å². The van der Waals surface area contributed by atoms with Crippen molar-refractivity contribution in [2.45, 2.75) is 33.0 Å². The van der Waals surface area contributed by atoms with Gasteiger partial charge in [0.25, 0.3) is 5.91 Å². The number of benzene rings is 2. The summed E-state index contributed by atoms with van der Waals surface area (Å²) in [7, 11) is 0. The molecule has 3 aromatic rings. The van der Waals surface area contributed by atoms with Crippen molar-refractivity contribution in [1.29, 1.82) is 0 Å². The first-order valence-electron chi connectivity index (χ1n) is 9.68. The van der Waals surface area contributed by atoms with Crippen LogP contribution < -0.4 is 0 Å². The molecule has 5 heteroatoms. The van der Waals surface area contributed by atoms with Gasteiger partial charge in [0.2, 0.25) is 0 Å². The van der Waals surface area contributed by atoms with Crippen molar-refractivity contribution in [3.8, 4) is 16.9 Å². The molecule has 4 rings (SSSR count). The summed E-state index contributed by atoms with van der Waals surface area (Å²) >= 11 is 0. The van der Waals surface area contributed by atoms with E-state index in [9.17, 15) is 4.79 Å². The molecule has 0 radical (unpaired) electrons. The van der Waals surface area contributed by atoms with Crippen LogP contribution in [-0.4, -0.2) is 45.9 Å². The SMILES string of the molecule is Cc1cccc(-n2nc(-c3ccccc3)cc2C(=O)N2CC(C)OC(C)C2)c1. The van der Waals surface area contributed by atoms with Crippen LogP contribution in [0.15, 0.2) is 60.7 Å². The molecular formula is C23H25N3O2. The highest BCUT2D eigenvalue weighted by atomic mass is 16.5. The lowest BCUT2D eigenvalue weighted by Gasteiger charge is -2.35. The molecular weight excluding hydrogens is 350 g/mol. The maximum Gasteiger partial charge on any atom is 0.272 e. The number of ether oxygens (including phenoxy) is 1. The lowest BCUT2D eigenvalue weighted by molar-refractivity contribution is -0.0588. The zero-order valence-corrected chi connectivity index (χ0v) is 16.5. The standard InChI is InChI=1S/C23H25N3O2/c1-16-8-7-11-20(12-16)26-22(13-21(24-26)19-9-5-4-6-10-19)23(27)25-14-17(2)28-18(3)15-25/h4-13,17-18H,14-15H2,1-3H3. The Morgan fingerprint density at radius 3 is 2.39 bits per heavy atom. The minimum Gasteiger partial charge on any atom is -0.372 e. The first-order valence-corrected chi connectivity index (χ1v) is 9.68. The summed E-state index contributed by atoms with van der Waals surface area (Å²) < 4.78 is 7.56. The molecule has 0 N–H and O–H groups in total. The Hall–Kier alpha value is -2.92. The highest BCUT2D eigenvalue weighted by Crippen LogP contribution is 2.24. The van der Waals surface area contributed by atoms with Crippen LogP contribution in [0, 0.1) is 6.92 Å². The first-order chi connectivity index (χ1) is 13.5. The third kappa shape index (κ3) is 3.71. The number of amides is 1. The van der Waals surface area contributed by atoms with Crippen LogP contribution in [0.3, 0.4) is 0 Å². The fraction of sp³-hybridized carbons (Fsp3) is 0.304. The number of hydrogen-bond acceptors (Lipinski definition) is 3. The lowest BCUT2D eigenvalue weighted by Crippen LogP contribution is -2.48. The van der Waals surface area contributed by atoms with Gasteiger partial charge in [-0.3, -0.25) is 4.79 Å². The normalized spacial score (nSPS) is 19.6. The molecule has 0 bridgehead atoms. The van der Waals surface area contributed by atoms with Crippen LogP contribution in [0.4, 0.5) is 0 Å². The highest BCUT2D eigenvalue weighted by Gasteiger charge is 2.29. The van der Waals surface area contributed by atoms with Gasteiger partial charge in [-0.15, -0.1) is 0 Å². The maximum absolute atomic E-state index is 13.4. The number of carbonyl (C=O) groups is 1. The van der Waals surface area contributed by atoms with E-state index in [-0.39, 0.29) is 18.1 Å². The molecule has 1 fully saturated rings. The van der Waals surface area contributed by atoms with Crippen molar-refractivity contribution in [3.05, 3.63) is 71.9 Å². The Morgan fingerprint density at radius 2 is 1.71 bits per heavy atom. The van der Waals surface area contributed by atoms with Gasteiger partial charge in [-0.2, -0.15) is 5.10 Å². The van der Waals surface area contributed by atoms with Gasteiger partial charge in [0.1, 0.15) is 5.69 Å². The zero-order chi connectivity index (χ0) is 19.7. The van der Waals surface area contributed by atoms with Crippen LogP contribution in [0.25, 0.3) is 16.9 Å². The number of rotatable bonds is 3. The third-order valence-corrected chi connectivity index (χ3v) is 4.95. The van der Waals surface area contributed by atoms with Crippen LogP contribution in [-0.2, 0) is 4.74 Å². The maximum atomic E-state index is 13.4. The molecule has 1 aliphatic rings. The Kier molecular flexibility index (Phi) is 5.01. The molecule has 1 aliphatic heterocycles. The Morgan fingerprint density at radius 1 is 1.00 bits per heavy atom. The summed E-state index contributed by atoms with van der Waals surface area (Å²) in [6, 6.07) is 19.9. The van der Waals surface area contributed by atoms with Crippen molar-refractivity contribution in [2.24, 2.45) is 0 Å². The fourth-order valence-electron chi connectivity index (χ4n) is 3.75. The van der Waals surface area contributed by atoms with Gasteiger partial charge in [-0.05, 0) is 44.5 Å². The number of aromatic nitrogens is 2. The number of carbonyl (C=O) groups excluding carboxylic acids is 1. The second-order valence-electron chi connectivity index (χ2n) is 7.50. The molecule has 2 heterocycles. The molecule has 2 aromatic carbocycles. The van der Waals surface area contributed by atoms with Crippen molar-refractivity contribution in [2.75, 3.05) is 13.1 Å². The minimum absolute atomic E-state index is 0.0156. The van der Waals surface area contributed by atoms with Crippen LogP contribution in [0.5, 0.6) is 0 Å². The van der Waals surface area contributed by atoms with Gasteiger partial charge in [-0.25, -0.2) is 4.68 Å². The Labute approximate surface area is 165 Å². The zero-order valence-electron chi connectivity index (χ0n) is 16.5. The molecule has 0 spiro atoms. The second-order valence-corrected chi connectivity index (χ2v) is 7.50. The van der Waals surface area contributed by atoms with E-state index in [1.165, 1.54) is 0 Å². The summed E-state index contributed by atoms with van der Waals surface area (Å²) in [6.45, 7) is 7.22. The van der Waals surface area contributed by atoms with Crippen LogP contribution >= 0.6 is 0 Å². The van der Waals surface area contributed by atoms with Gasteiger partial charge < -0.3 is 9.64 Å². The van der Waals surface area contributed by atoms with E-state index in [1.54, 1.807) is 4.68 Å². The van der Waals surface area contributed by atoms with Crippen molar-refractivity contribution in [3.63, 3.8) is 0 Å². The molecule has 0 aliphatic carbocycles. The fourth-order valence-corrected chi connectivity index (χ4v) is 3.75.